The molecule has 0 amide bonds. The maximum absolute atomic E-state index is 11.9. The van der Waals surface area contributed by atoms with Crippen molar-refractivity contribution in [3.8, 4) is 0 Å². The van der Waals surface area contributed by atoms with E-state index in [2.05, 4.69) is 10.6 Å². The molecule has 0 saturated carbocycles. The molecule has 0 spiro atoms. The highest BCUT2D eigenvalue weighted by Gasteiger charge is 2.30. The number of esters is 1. The Kier molecular flexibility index (Phi) is 4.41. The molecule has 1 aliphatic heterocycles. The van der Waals surface area contributed by atoms with Crippen molar-refractivity contribution in [2.75, 3.05) is 12.3 Å². The predicted molar refractivity (Wildman–Crippen MR) is 80.4 cm³/mol. The van der Waals surface area contributed by atoms with Gasteiger partial charge in [-0.25, -0.2) is 4.79 Å². The van der Waals surface area contributed by atoms with Crippen LogP contribution >= 0.6 is 12.2 Å². The molecule has 1 heterocycles. The van der Waals surface area contributed by atoms with Crippen LogP contribution in [-0.4, -0.2) is 23.4 Å². The molecular weight excluding hydrogens is 294 g/mol. The Labute approximate surface area is 126 Å². The first-order chi connectivity index (χ1) is 9.93. The highest BCUT2D eigenvalue weighted by molar-refractivity contribution is 7.80. The Hall–Kier alpha value is -2.16. The minimum atomic E-state index is -0.487. The van der Waals surface area contributed by atoms with Crippen LogP contribution in [0.15, 0.2) is 35.5 Å². The molecule has 21 heavy (non-hydrogen) atoms. The van der Waals surface area contributed by atoms with E-state index in [1.807, 2.05) is 0 Å². The van der Waals surface area contributed by atoms with Gasteiger partial charge in [-0.1, -0.05) is 12.1 Å². The Morgan fingerprint density at radius 3 is 2.57 bits per heavy atom. The van der Waals surface area contributed by atoms with Crippen molar-refractivity contribution in [2.24, 2.45) is 0 Å². The number of hydrogen-bond donors (Lipinski definition) is 3. The highest BCUT2D eigenvalue weighted by atomic mass is 32.1. The van der Waals surface area contributed by atoms with Crippen LogP contribution in [0.3, 0.4) is 0 Å². The monoisotopic (exact) mass is 308 g/mol. The summed E-state index contributed by atoms with van der Waals surface area (Å²) >= 11 is 5.10. The van der Waals surface area contributed by atoms with E-state index in [9.17, 15) is 10.0 Å². The number of methoxy groups -OCH3 is 1. The molecule has 1 aromatic carbocycles. The van der Waals surface area contributed by atoms with Crippen molar-refractivity contribution in [1.29, 1.82) is 0 Å². The van der Waals surface area contributed by atoms with Crippen LogP contribution in [-0.2, 0) is 9.53 Å². The summed E-state index contributed by atoms with van der Waals surface area (Å²) in [7, 11) is 1.30. The van der Waals surface area contributed by atoms with E-state index in [1.165, 1.54) is 19.2 Å². The number of ether oxygens (including phenoxy) is 1. The highest BCUT2D eigenvalue weighted by Crippen LogP contribution is 2.28. The van der Waals surface area contributed by atoms with Gasteiger partial charge in [0.25, 0.3) is 0 Å². The fraction of sp³-hybridized carbons (Fsp3) is 0.231. The lowest BCUT2D eigenvalue weighted by Gasteiger charge is -2.30. The van der Waals surface area contributed by atoms with Crippen LogP contribution < -0.4 is 15.9 Å². The second-order valence-corrected chi connectivity index (χ2v) is 4.83. The topological polar surface area (TPSA) is 96.9 Å². The summed E-state index contributed by atoms with van der Waals surface area (Å²) in [6.07, 6.45) is 0. The second-order valence-electron chi connectivity index (χ2n) is 4.43. The summed E-state index contributed by atoms with van der Waals surface area (Å²) < 4.78 is 4.79. The SMILES string of the molecule is COC(=O)C1=C(C)NC(=S)N[C@H]1c1ccc(N([O-])O)cc1. The van der Waals surface area contributed by atoms with Crippen LogP contribution in [0.2, 0.25) is 0 Å². The average molecular weight is 308 g/mol. The summed E-state index contributed by atoms with van der Waals surface area (Å²) in [6.45, 7) is 1.73. The van der Waals surface area contributed by atoms with E-state index in [1.54, 1.807) is 19.1 Å². The van der Waals surface area contributed by atoms with Crippen molar-refractivity contribution in [2.45, 2.75) is 13.0 Å². The minimum Gasteiger partial charge on any atom is -0.733 e. The number of rotatable bonds is 3. The molecule has 112 valence electrons. The van der Waals surface area contributed by atoms with Gasteiger partial charge in [0, 0.05) is 5.70 Å². The third kappa shape index (κ3) is 3.13. The maximum Gasteiger partial charge on any atom is 0.337 e. The van der Waals surface area contributed by atoms with Crippen LogP contribution in [0.5, 0.6) is 0 Å². The summed E-state index contributed by atoms with van der Waals surface area (Å²) in [5, 5.41) is 25.7. The zero-order valence-corrected chi connectivity index (χ0v) is 12.2. The molecule has 0 unspecified atom stereocenters. The molecule has 1 aliphatic rings. The number of carbonyl (C=O) groups excluding carboxylic acids is 1. The predicted octanol–water partition coefficient (Wildman–Crippen LogP) is 1.35. The normalized spacial score (nSPS) is 17.9. The smallest absolute Gasteiger partial charge is 0.337 e. The lowest BCUT2D eigenvalue weighted by molar-refractivity contribution is -0.136. The lowest BCUT2D eigenvalue weighted by atomic mass is 9.95. The molecule has 0 bridgehead atoms. The number of thiocarbonyl (C=S) groups is 1. The largest absolute Gasteiger partial charge is 0.733 e. The van der Waals surface area contributed by atoms with Gasteiger partial charge in [-0.2, -0.15) is 0 Å². The first-order valence-corrected chi connectivity index (χ1v) is 6.47. The first kappa shape index (κ1) is 15.2. The minimum absolute atomic E-state index is 0.0931. The van der Waals surface area contributed by atoms with Crippen molar-refractivity contribution in [1.82, 2.24) is 10.6 Å². The molecule has 8 heteroatoms. The van der Waals surface area contributed by atoms with Gasteiger partial charge in [0.15, 0.2) is 5.11 Å². The van der Waals surface area contributed by atoms with Gasteiger partial charge < -0.3 is 25.8 Å². The van der Waals surface area contributed by atoms with Gasteiger partial charge in [-0.3, -0.25) is 5.21 Å². The van der Waals surface area contributed by atoms with Gasteiger partial charge in [0.05, 0.1) is 24.4 Å². The van der Waals surface area contributed by atoms with Crippen LogP contribution in [0, 0.1) is 5.21 Å². The van der Waals surface area contributed by atoms with E-state index in [0.717, 1.165) is 0 Å². The third-order valence-corrected chi connectivity index (χ3v) is 3.34. The molecule has 1 atom stereocenters. The van der Waals surface area contributed by atoms with Gasteiger partial charge >= 0.3 is 5.97 Å². The third-order valence-electron chi connectivity index (χ3n) is 3.12. The standard InChI is InChI=1S/C13H14N3O4S/c1-7-10(12(17)20-2)11(15-13(21)14-7)8-3-5-9(6-4-8)16(18)19/h3-6,11,18H,1-2H3,(H2,14,15,21)/q-1/t11-/m0/s1. The first-order valence-electron chi connectivity index (χ1n) is 6.06. The summed E-state index contributed by atoms with van der Waals surface area (Å²) in [6, 6.07) is 5.65. The fourth-order valence-electron chi connectivity index (χ4n) is 2.12. The van der Waals surface area contributed by atoms with Gasteiger partial charge in [-0.15, -0.1) is 0 Å². The molecular formula is C13H14N3O4S-. The van der Waals surface area contributed by atoms with Crippen LogP contribution in [0.4, 0.5) is 5.69 Å². The summed E-state index contributed by atoms with van der Waals surface area (Å²) in [5.74, 6) is -0.475. The summed E-state index contributed by atoms with van der Waals surface area (Å²) in [4.78, 5) is 11.9. The zero-order chi connectivity index (χ0) is 15.6. The molecule has 2 rings (SSSR count). The molecule has 0 radical (unpaired) electrons. The van der Waals surface area contributed by atoms with Crippen molar-refractivity contribution in [3.63, 3.8) is 0 Å². The zero-order valence-electron chi connectivity index (χ0n) is 11.4. The number of nitrogens with one attached hydrogen (secondary N) is 2. The Balaban J connectivity index is 2.41. The fourth-order valence-corrected chi connectivity index (χ4v) is 2.39. The molecule has 0 fully saturated rings. The molecule has 0 aliphatic carbocycles. The molecule has 0 aromatic heterocycles. The van der Waals surface area contributed by atoms with Crippen LogP contribution in [0.25, 0.3) is 0 Å². The molecule has 3 N–H and O–H groups in total. The lowest BCUT2D eigenvalue weighted by Crippen LogP contribution is -2.45. The average Bonchev–Trinajstić information content (AvgIpc) is 2.45. The van der Waals surface area contributed by atoms with Crippen molar-refractivity contribution < 1.29 is 14.7 Å². The van der Waals surface area contributed by atoms with E-state index >= 15 is 0 Å². The quantitative estimate of drug-likeness (QED) is 0.437. The molecule has 0 saturated heterocycles. The molecule has 1 aromatic rings. The van der Waals surface area contributed by atoms with Gasteiger partial charge in [-0.05, 0) is 36.8 Å². The van der Waals surface area contributed by atoms with Crippen molar-refractivity contribution >= 4 is 29.0 Å². The van der Waals surface area contributed by atoms with Crippen molar-refractivity contribution in [3.05, 3.63) is 46.3 Å². The van der Waals surface area contributed by atoms with E-state index in [0.29, 0.717) is 21.9 Å². The number of nitrogens with zero attached hydrogens (tertiary/aromatic N) is 1. The van der Waals surface area contributed by atoms with E-state index < -0.39 is 12.0 Å². The van der Waals surface area contributed by atoms with Gasteiger partial charge in [0.1, 0.15) is 0 Å². The Morgan fingerprint density at radius 1 is 1.43 bits per heavy atom. The van der Waals surface area contributed by atoms with Crippen LogP contribution in [0.1, 0.15) is 18.5 Å². The second kappa shape index (κ2) is 6.08. The van der Waals surface area contributed by atoms with Gasteiger partial charge in [0.2, 0.25) is 0 Å². The number of carbonyl (C=O) groups is 1. The number of allylic oxidation sites excluding steroid dienone is 1. The summed E-state index contributed by atoms with van der Waals surface area (Å²) in [5.41, 5.74) is 1.81. The maximum atomic E-state index is 11.9. The number of anilines is 1. The Morgan fingerprint density at radius 2 is 2.05 bits per heavy atom. The Bertz CT molecular complexity index is 598. The molecule has 7 nitrogen and oxygen atoms in total. The van der Waals surface area contributed by atoms with E-state index in [-0.39, 0.29) is 10.9 Å². The number of benzene rings is 1. The van der Waals surface area contributed by atoms with E-state index in [4.69, 9.17) is 22.2 Å². The number of hydrogen-bond acceptors (Lipinski definition) is 6.